The summed E-state index contributed by atoms with van der Waals surface area (Å²) in [5.41, 5.74) is 6.23. The van der Waals surface area contributed by atoms with Gasteiger partial charge in [0.2, 0.25) is 0 Å². The van der Waals surface area contributed by atoms with Crippen molar-refractivity contribution in [2.24, 2.45) is 5.10 Å². The standard InChI is InChI=1S/C28H24Cl2N4O3S/c1-3-13-37-26-23(30)14-18(15-25(26)36-4-2)16-31-34-27(35)20-7-5-19(6-8-20)24-17-38-28(33-24)32-22-11-9-21(29)10-12-22/h3,5-12,14-17H,1,4,13H2,2H3,(H,32,33)(H,34,35)/b31-16-. The zero-order valence-electron chi connectivity index (χ0n) is 20.4. The molecule has 7 nitrogen and oxygen atoms in total. The molecule has 194 valence electrons. The maximum atomic E-state index is 12.6. The normalized spacial score (nSPS) is 10.8. The van der Waals surface area contributed by atoms with Crippen molar-refractivity contribution in [3.63, 3.8) is 0 Å². The van der Waals surface area contributed by atoms with Crippen molar-refractivity contribution in [1.82, 2.24) is 10.4 Å². The number of nitrogens with zero attached hydrogens (tertiary/aromatic N) is 2. The Bertz CT molecular complexity index is 1440. The van der Waals surface area contributed by atoms with Crippen LogP contribution in [0.2, 0.25) is 10.0 Å². The summed E-state index contributed by atoms with van der Waals surface area (Å²) < 4.78 is 11.2. The SMILES string of the molecule is C=CCOc1c(Cl)cc(/C=N\NC(=O)c2ccc(-c3csc(Nc4ccc(Cl)cc4)n3)cc2)cc1OCC. The smallest absolute Gasteiger partial charge is 0.271 e. The second kappa shape index (κ2) is 13.1. The predicted molar refractivity (Wildman–Crippen MR) is 156 cm³/mol. The number of hydrazone groups is 1. The van der Waals surface area contributed by atoms with Gasteiger partial charge in [0.05, 0.1) is 23.5 Å². The fourth-order valence-electron chi connectivity index (χ4n) is 3.35. The van der Waals surface area contributed by atoms with Gasteiger partial charge in [-0.1, -0.05) is 48.0 Å². The van der Waals surface area contributed by atoms with E-state index in [0.29, 0.717) is 45.9 Å². The maximum Gasteiger partial charge on any atom is 0.271 e. The Morgan fingerprint density at radius 2 is 1.87 bits per heavy atom. The summed E-state index contributed by atoms with van der Waals surface area (Å²) >= 11 is 13.8. The number of amides is 1. The van der Waals surface area contributed by atoms with Crippen LogP contribution in [0.4, 0.5) is 10.8 Å². The molecule has 0 saturated carbocycles. The van der Waals surface area contributed by atoms with Gasteiger partial charge in [0.15, 0.2) is 16.6 Å². The molecule has 4 rings (SSSR count). The van der Waals surface area contributed by atoms with Gasteiger partial charge in [0, 0.05) is 27.2 Å². The second-order valence-corrected chi connectivity index (χ2v) is 9.51. The first-order valence-corrected chi connectivity index (χ1v) is 13.2. The number of nitrogens with one attached hydrogen (secondary N) is 2. The van der Waals surface area contributed by atoms with Gasteiger partial charge in [-0.15, -0.1) is 11.3 Å². The number of rotatable bonds is 11. The molecule has 2 N–H and O–H groups in total. The Hall–Kier alpha value is -3.85. The van der Waals surface area contributed by atoms with Gasteiger partial charge in [0.1, 0.15) is 6.61 Å². The summed E-state index contributed by atoms with van der Waals surface area (Å²) in [5.74, 6) is 0.569. The Kier molecular flexibility index (Phi) is 9.37. The van der Waals surface area contributed by atoms with E-state index in [2.05, 4.69) is 27.4 Å². The third-order valence-corrected chi connectivity index (χ3v) is 6.39. The van der Waals surface area contributed by atoms with Crippen LogP contribution in [0.15, 0.2) is 83.8 Å². The Morgan fingerprint density at radius 1 is 1.11 bits per heavy atom. The molecule has 0 unspecified atom stereocenters. The van der Waals surface area contributed by atoms with Crippen LogP contribution in [0.5, 0.6) is 11.5 Å². The van der Waals surface area contributed by atoms with E-state index in [-0.39, 0.29) is 5.91 Å². The van der Waals surface area contributed by atoms with Crippen LogP contribution >= 0.6 is 34.5 Å². The van der Waals surface area contributed by atoms with Crippen molar-refractivity contribution in [2.45, 2.75) is 6.92 Å². The Balaban J connectivity index is 1.38. The van der Waals surface area contributed by atoms with E-state index < -0.39 is 0 Å². The van der Waals surface area contributed by atoms with E-state index in [4.69, 9.17) is 32.7 Å². The van der Waals surface area contributed by atoms with Gasteiger partial charge >= 0.3 is 0 Å². The Morgan fingerprint density at radius 3 is 2.58 bits per heavy atom. The lowest BCUT2D eigenvalue weighted by Gasteiger charge is -2.13. The van der Waals surface area contributed by atoms with E-state index in [1.54, 1.807) is 30.3 Å². The van der Waals surface area contributed by atoms with Crippen molar-refractivity contribution < 1.29 is 14.3 Å². The first-order valence-electron chi connectivity index (χ1n) is 11.6. The summed E-state index contributed by atoms with van der Waals surface area (Å²) in [6.07, 6.45) is 3.11. The second-order valence-electron chi connectivity index (χ2n) is 7.81. The summed E-state index contributed by atoms with van der Waals surface area (Å²) in [6.45, 7) is 6.24. The monoisotopic (exact) mass is 566 g/mol. The third-order valence-electron chi connectivity index (χ3n) is 5.10. The van der Waals surface area contributed by atoms with E-state index in [9.17, 15) is 4.79 Å². The van der Waals surface area contributed by atoms with Crippen molar-refractivity contribution in [2.75, 3.05) is 18.5 Å². The fourth-order valence-corrected chi connectivity index (χ4v) is 4.49. The van der Waals surface area contributed by atoms with Gasteiger partial charge in [0.25, 0.3) is 5.91 Å². The molecule has 0 radical (unpaired) electrons. The lowest BCUT2D eigenvalue weighted by atomic mass is 10.1. The fraction of sp³-hybridized carbons (Fsp3) is 0.107. The van der Waals surface area contributed by atoms with Crippen LogP contribution in [0.1, 0.15) is 22.8 Å². The highest BCUT2D eigenvalue weighted by molar-refractivity contribution is 7.14. The van der Waals surface area contributed by atoms with Gasteiger partial charge in [-0.2, -0.15) is 5.10 Å². The molecule has 0 spiro atoms. The van der Waals surface area contributed by atoms with Crippen LogP contribution < -0.4 is 20.2 Å². The van der Waals surface area contributed by atoms with Crippen LogP contribution in [0, 0.1) is 0 Å². The number of hydrogen-bond donors (Lipinski definition) is 2. The number of carbonyl (C=O) groups is 1. The first kappa shape index (κ1) is 27.2. The van der Waals surface area contributed by atoms with E-state index in [1.807, 2.05) is 48.7 Å². The molecule has 3 aromatic carbocycles. The molecule has 1 amide bonds. The van der Waals surface area contributed by atoms with E-state index >= 15 is 0 Å². The molecule has 1 heterocycles. The molecule has 38 heavy (non-hydrogen) atoms. The number of halogens is 2. The minimum absolute atomic E-state index is 0.298. The molecule has 0 saturated heterocycles. The van der Waals surface area contributed by atoms with Gasteiger partial charge < -0.3 is 14.8 Å². The number of benzene rings is 3. The average molecular weight is 567 g/mol. The number of aromatic nitrogens is 1. The number of thiazole rings is 1. The van der Waals surface area contributed by atoms with Crippen molar-refractivity contribution in [1.29, 1.82) is 0 Å². The topological polar surface area (TPSA) is 84.8 Å². The van der Waals surface area contributed by atoms with Crippen molar-refractivity contribution in [3.05, 3.63) is 99.9 Å². The molecule has 1 aromatic heterocycles. The molecule has 4 aromatic rings. The molecule has 0 bridgehead atoms. The zero-order chi connectivity index (χ0) is 26.9. The molecular weight excluding hydrogens is 543 g/mol. The molecule has 10 heteroatoms. The summed E-state index contributed by atoms with van der Waals surface area (Å²) in [5, 5.41) is 11.1. The zero-order valence-corrected chi connectivity index (χ0v) is 22.7. The molecule has 0 aliphatic rings. The van der Waals surface area contributed by atoms with Gasteiger partial charge in [-0.25, -0.2) is 10.4 Å². The number of hydrogen-bond acceptors (Lipinski definition) is 7. The van der Waals surface area contributed by atoms with Crippen LogP contribution in [0.3, 0.4) is 0 Å². The molecule has 0 aliphatic carbocycles. The Labute approximate surface area is 234 Å². The molecule has 0 aliphatic heterocycles. The summed E-state index contributed by atoms with van der Waals surface area (Å²) in [4.78, 5) is 17.2. The number of carbonyl (C=O) groups excluding carboxylic acids is 1. The van der Waals surface area contributed by atoms with Gasteiger partial charge in [-0.05, 0) is 61.0 Å². The van der Waals surface area contributed by atoms with E-state index in [0.717, 1.165) is 22.1 Å². The molecular formula is C28H24Cl2N4O3S. The molecule has 0 fully saturated rings. The van der Waals surface area contributed by atoms with Gasteiger partial charge in [-0.3, -0.25) is 4.79 Å². The largest absolute Gasteiger partial charge is 0.490 e. The quantitative estimate of drug-likeness (QED) is 0.111. The lowest BCUT2D eigenvalue weighted by Crippen LogP contribution is -2.17. The van der Waals surface area contributed by atoms with Crippen molar-refractivity contribution >= 4 is 57.5 Å². The number of ether oxygens (including phenoxy) is 2. The minimum Gasteiger partial charge on any atom is -0.490 e. The van der Waals surface area contributed by atoms with Crippen LogP contribution in [-0.4, -0.2) is 30.3 Å². The minimum atomic E-state index is -0.349. The number of anilines is 2. The van der Waals surface area contributed by atoms with Crippen LogP contribution in [-0.2, 0) is 0 Å². The summed E-state index contributed by atoms with van der Waals surface area (Å²) in [7, 11) is 0. The van der Waals surface area contributed by atoms with E-state index in [1.165, 1.54) is 17.6 Å². The van der Waals surface area contributed by atoms with Crippen molar-refractivity contribution in [3.8, 4) is 22.8 Å². The molecule has 0 atom stereocenters. The lowest BCUT2D eigenvalue weighted by molar-refractivity contribution is 0.0955. The first-order chi connectivity index (χ1) is 18.5. The highest BCUT2D eigenvalue weighted by Gasteiger charge is 2.12. The third kappa shape index (κ3) is 7.13. The predicted octanol–water partition coefficient (Wildman–Crippen LogP) is 7.59. The highest BCUT2D eigenvalue weighted by Crippen LogP contribution is 2.36. The summed E-state index contributed by atoms with van der Waals surface area (Å²) in [6, 6.07) is 18.0. The average Bonchev–Trinajstić information content (AvgIpc) is 3.38. The highest BCUT2D eigenvalue weighted by atomic mass is 35.5. The van der Waals surface area contributed by atoms with Crippen LogP contribution in [0.25, 0.3) is 11.3 Å². The maximum absolute atomic E-state index is 12.6.